The standard InChI is InChI=1S/C16H22N2O2/c1-3-18-15-7-5-4-6-13(15)14(17-18)10-16(2,19)12-8-9-20-11-12/h4-7,12,19H,3,8-11H2,1-2H3. The maximum Gasteiger partial charge on any atom is 0.0732 e. The van der Waals surface area contributed by atoms with Gasteiger partial charge < -0.3 is 9.84 Å². The van der Waals surface area contributed by atoms with Crippen molar-refractivity contribution in [1.29, 1.82) is 0 Å². The summed E-state index contributed by atoms with van der Waals surface area (Å²) in [5, 5.41) is 16.6. The molecule has 0 saturated carbocycles. The molecule has 0 bridgehead atoms. The van der Waals surface area contributed by atoms with Crippen molar-refractivity contribution in [1.82, 2.24) is 9.78 Å². The first-order chi connectivity index (χ1) is 9.62. The molecule has 2 atom stereocenters. The molecule has 2 aromatic rings. The van der Waals surface area contributed by atoms with Crippen LogP contribution in [-0.2, 0) is 17.7 Å². The van der Waals surface area contributed by atoms with Crippen molar-refractivity contribution in [2.24, 2.45) is 5.92 Å². The number of aromatic nitrogens is 2. The van der Waals surface area contributed by atoms with Gasteiger partial charge in [0, 0.05) is 30.9 Å². The molecule has 2 heterocycles. The van der Waals surface area contributed by atoms with Gasteiger partial charge in [0.05, 0.1) is 23.4 Å². The van der Waals surface area contributed by atoms with Gasteiger partial charge in [-0.25, -0.2) is 0 Å². The lowest BCUT2D eigenvalue weighted by atomic mass is 9.84. The molecule has 3 rings (SSSR count). The van der Waals surface area contributed by atoms with Crippen LogP contribution in [-0.4, -0.2) is 33.7 Å². The van der Waals surface area contributed by atoms with Crippen molar-refractivity contribution in [2.75, 3.05) is 13.2 Å². The number of ether oxygens (including phenoxy) is 1. The lowest BCUT2D eigenvalue weighted by Gasteiger charge is -2.28. The van der Waals surface area contributed by atoms with Gasteiger partial charge in [-0.15, -0.1) is 0 Å². The van der Waals surface area contributed by atoms with Gasteiger partial charge in [-0.1, -0.05) is 18.2 Å². The normalized spacial score (nSPS) is 22.2. The zero-order chi connectivity index (χ0) is 14.2. The number of fused-ring (bicyclic) bond motifs is 1. The highest BCUT2D eigenvalue weighted by Crippen LogP contribution is 2.31. The van der Waals surface area contributed by atoms with Gasteiger partial charge in [0.1, 0.15) is 0 Å². The highest BCUT2D eigenvalue weighted by atomic mass is 16.5. The van der Waals surface area contributed by atoms with Gasteiger partial charge in [-0.2, -0.15) is 5.10 Å². The third kappa shape index (κ3) is 2.34. The van der Waals surface area contributed by atoms with E-state index in [1.54, 1.807) is 0 Å². The Hall–Kier alpha value is -1.39. The van der Waals surface area contributed by atoms with Crippen molar-refractivity contribution in [3.8, 4) is 0 Å². The molecule has 1 saturated heterocycles. The average molecular weight is 274 g/mol. The van der Waals surface area contributed by atoms with Gasteiger partial charge in [-0.3, -0.25) is 4.68 Å². The molecule has 1 aliphatic heterocycles. The molecular formula is C16H22N2O2. The van der Waals surface area contributed by atoms with Gasteiger partial charge in [0.15, 0.2) is 0 Å². The zero-order valence-electron chi connectivity index (χ0n) is 12.2. The van der Waals surface area contributed by atoms with E-state index in [0.29, 0.717) is 13.0 Å². The van der Waals surface area contributed by atoms with E-state index in [9.17, 15) is 5.11 Å². The first kappa shape index (κ1) is 13.6. The molecule has 1 aromatic carbocycles. The molecule has 4 heteroatoms. The molecule has 0 aliphatic carbocycles. The minimum atomic E-state index is -0.758. The quantitative estimate of drug-likeness (QED) is 0.931. The van der Waals surface area contributed by atoms with E-state index in [0.717, 1.165) is 36.2 Å². The molecule has 2 unspecified atom stereocenters. The molecule has 1 N–H and O–H groups in total. The van der Waals surface area contributed by atoms with E-state index >= 15 is 0 Å². The van der Waals surface area contributed by atoms with Crippen LogP contribution < -0.4 is 0 Å². The van der Waals surface area contributed by atoms with Crippen molar-refractivity contribution in [3.05, 3.63) is 30.0 Å². The third-order valence-corrected chi connectivity index (χ3v) is 4.37. The van der Waals surface area contributed by atoms with Gasteiger partial charge in [-0.05, 0) is 26.3 Å². The average Bonchev–Trinajstić information content (AvgIpc) is 3.07. The van der Waals surface area contributed by atoms with E-state index in [4.69, 9.17) is 4.74 Å². The Morgan fingerprint density at radius 3 is 2.95 bits per heavy atom. The lowest BCUT2D eigenvalue weighted by molar-refractivity contribution is -0.00516. The SMILES string of the molecule is CCn1nc(CC(C)(O)C2CCOC2)c2ccccc21. The molecule has 1 fully saturated rings. The number of aliphatic hydroxyl groups is 1. The first-order valence-corrected chi connectivity index (χ1v) is 7.36. The maximum absolute atomic E-state index is 10.8. The van der Waals surface area contributed by atoms with Crippen LogP contribution in [0, 0.1) is 5.92 Å². The Morgan fingerprint density at radius 2 is 2.25 bits per heavy atom. The van der Waals surface area contributed by atoms with Crippen molar-refractivity contribution >= 4 is 10.9 Å². The summed E-state index contributed by atoms with van der Waals surface area (Å²) in [6.45, 7) is 6.25. The van der Waals surface area contributed by atoms with Crippen LogP contribution in [0.2, 0.25) is 0 Å². The van der Waals surface area contributed by atoms with Crippen molar-refractivity contribution < 1.29 is 9.84 Å². The molecule has 1 aromatic heterocycles. The van der Waals surface area contributed by atoms with Crippen LogP contribution in [0.15, 0.2) is 24.3 Å². The predicted octanol–water partition coefficient (Wildman–Crippen LogP) is 2.39. The minimum absolute atomic E-state index is 0.202. The van der Waals surface area contributed by atoms with Gasteiger partial charge in [0.25, 0.3) is 0 Å². The summed E-state index contributed by atoms with van der Waals surface area (Å²) in [5.41, 5.74) is 1.37. The minimum Gasteiger partial charge on any atom is -0.389 e. The molecule has 20 heavy (non-hydrogen) atoms. The first-order valence-electron chi connectivity index (χ1n) is 7.36. The Labute approximate surface area is 119 Å². The Kier molecular flexibility index (Phi) is 3.52. The summed E-state index contributed by atoms with van der Waals surface area (Å²) in [6, 6.07) is 8.23. The summed E-state index contributed by atoms with van der Waals surface area (Å²) >= 11 is 0. The molecule has 0 spiro atoms. The number of rotatable bonds is 4. The molecule has 0 amide bonds. The fourth-order valence-corrected chi connectivity index (χ4v) is 3.08. The van der Waals surface area contributed by atoms with Crippen LogP contribution in [0.4, 0.5) is 0 Å². The molecule has 1 aliphatic rings. The second-order valence-electron chi connectivity index (χ2n) is 5.87. The van der Waals surface area contributed by atoms with Crippen LogP contribution in [0.1, 0.15) is 26.0 Å². The summed E-state index contributed by atoms with van der Waals surface area (Å²) in [4.78, 5) is 0. The second kappa shape index (κ2) is 5.19. The number of benzene rings is 1. The second-order valence-corrected chi connectivity index (χ2v) is 5.87. The molecule has 4 nitrogen and oxygen atoms in total. The Balaban J connectivity index is 1.94. The highest BCUT2D eigenvalue weighted by Gasteiger charge is 2.36. The van der Waals surface area contributed by atoms with Crippen LogP contribution in [0.5, 0.6) is 0 Å². The Bertz CT molecular complexity index is 598. The summed E-state index contributed by atoms with van der Waals surface area (Å²) < 4.78 is 7.42. The topological polar surface area (TPSA) is 47.3 Å². The third-order valence-electron chi connectivity index (χ3n) is 4.37. The van der Waals surface area contributed by atoms with Crippen molar-refractivity contribution in [2.45, 2.75) is 38.8 Å². The Morgan fingerprint density at radius 1 is 1.45 bits per heavy atom. The fraction of sp³-hybridized carbons (Fsp3) is 0.562. The van der Waals surface area contributed by atoms with E-state index in [1.807, 2.05) is 23.7 Å². The van der Waals surface area contributed by atoms with E-state index < -0.39 is 5.60 Å². The lowest BCUT2D eigenvalue weighted by Crippen LogP contribution is -2.37. The number of hydrogen-bond donors (Lipinski definition) is 1. The number of nitrogens with zero attached hydrogens (tertiary/aromatic N) is 2. The summed E-state index contributed by atoms with van der Waals surface area (Å²) in [6.07, 6.45) is 1.51. The van der Waals surface area contributed by atoms with Crippen LogP contribution >= 0.6 is 0 Å². The molecule has 0 radical (unpaired) electrons. The van der Waals surface area contributed by atoms with E-state index in [2.05, 4.69) is 24.2 Å². The van der Waals surface area contributed by atoms with Gasteiger partial charge in [0.2, 0.25) is 0 Å². The van der Waals surface area contributed by atoms with Crippen LogP contribution in [0.3, 0.4) is 0 Å². The smallest absolute Gasteiger partial charge is 0.0732 e. The van der Waals surface area contributed by atoms with E-state index in [-0.39, 0.29) is 5.92 Å². The molecular weight excluding hydrogens is 252 g/mol. The largest absolute Gasteiger partial charge is 0.389 e. The predicted molar refractivity (Wildman–Crippen MR) is 78.7 cm³/mol. The number of para-hydroxylation sites is 1. The monoisotopic (exact) mass is 274 g/mol. The van der Waals surface area contributed by atoms with E-state index in [1.165, 1.54) is 0 Å². The van der Waals surface area contributed by atoms with Gasteiger partial charge >= 0.3 is 0 Å². The molecule has 108 valence electrons. The maximum atomic E-state index is 10.8. The van der Waals surface area contributed by atoms with Crippen LogP contribution in [0.25, 0.3) is 10.9 Å². The highest BCUT2D eigenvalue weighted by molar-refractivity contribution is 5.82. The number of hydrogen-bond acceptors (Lipinski definition) is 3. The summed E-state index contributed by atoms with van der Waals surface area (Å²) in [7, 11) is 0. The fourth-order valence-electron chi connectivity index (χ4n) is 3.08. The zero-order valence-corrected chi connectivity index (χ0v) is 12.2. The number of aryl methyl sites for hydroxylation is 1. The summed E-state index contributed by atoms with van der Waals surface area (Å²) in [5.74, 6) is 0.202. The van der Waals surface area contributed by atoms with Crippen molar-refractivity contribution in [3.63, 3.8) is 0 Å².